The summed E-state index contributed by atoms with van der Waals surface area (Å²) in [7, 11) is 0. The zero-order chi connectivity index (χ0) is 18.1. The molecule has 0 spiro atoms. The van der Waals surface area contributed by atoms with Crippen molar-refractivity contribution in [2.24, 2.45) is 5.92 Å². The van der Waals surface area contributed by atoms with Crippen molar-refractivity contribution in [2.75, 3.05) is 0 Å². The summed E-state index contributed by atoms with van der Waals surface area (Å²) in [5.74, 6) is 0.829. The number of aromatic nitrogens is 2. The van der Waals surface area contributed by atoms with Crippen molar-refractivity contribution in [3.8, 4) is 0 Å². The van der Waals surface area contributed by atoms with E-state index in [0.29, 0.717) is 22.2 Å². The number of hydrogen-bond acceptors (Lipinski definition) is 2. The molecule has 1 fully saturated rings. The monoisotopic (exact) mass is 354 g/mol. The zero-order valence-corrected chi connectivity index (χ0v) is 14.3. The van der Waals surface area contributed by atoms with E-state index in [-0.39, 0.29) is 11.4 Å². The fourth-order valence-electron chi connectivity index (χ4n) is 4.78. The molecule has 2 atom stereocenters. The second-order valence-corrected chi connectivity index (χ2v) is 7.59. The maximum Gasteiger partial charge on any atom is 0.418 e. The number of hydrogen-bond donors (Lipinski definition) is 0. The number of pyridine rings is 2. The Labute approximate surface area is 148 Å². The molecule has 1 saturated carbocycles. The lowest BCUT2D eigenvalue weighted by molar-refractivity contribution is -0.136. The van der Waals surface area contributed by atoms with Gasteiger partial charge >= 0.3 is 6.18 Å². The van der Waals surface area contributed by atoms with Crippen LogP contribution in [0.25, 0.3) is 27.9 Å². The van der Waals surface area contributed by atoms with Gasteiger partial charge in [-0.2, -0.15) is 13.2 Å². The number of halogens is 3. The molecule has 2 bridgehead atoms. The van der Waals surface area contributed by atoms with Crippen molar-refractivity contribution < 1.29 is 13.2 Å². The normalized spacial score (nSPS) is 22.4. The number of rotatable bonds is 0. The Morgan fingerprint density at radius 1 is 1.08 bits per heavy atom. The minimum Gasteiger partial charge on any atom is -0.256 e. The molecule has 2 nitrogen and oxygen atoms in total. The quantitative estimate of drug-likeness (QED) is 0.456. The van der Waals surface area contributed by atoms with E-state index in [9.17, 15) is 13.2 Å². The molecule has 3 aromatic rings. The second kappa shape index (κ2) is 5.29. The van der Waals surface area contributed by atoms with Gasteiger partial charge in [-0.15, -0.1) is 0 Å². The van der Waals surface area contributed by atoms with Crippen LogP contribution in [0.5, 0.6) is 0 Å². The van der Waals surface area contributed by atoms with Gasteiger partial charge in [-0.05, 0) is 60.4 Å². The first-order valence-electron chi connectivity index (χ1n) is 8.89. The van der Waals surface area contributed by atoms with Crippen molar-refractivity contribution in [2.45, 2.75) is 38.3 Å². The van der Waals surface area contributed by atoms with Gasteiger partial charge in [-0.25, -0.2) is 0 Å². The lowest BCUT2D eigenvalue weighted by atomic mass is 9.70. The average Bonchev–Trinajstić information content (AvgIpc) is 2.59. The Hall–Kier alpha value is -2.43. The molecular formula is C21H17F3N2. The van der Waals surface area contributed by atoms with E-state index < -0.39 is 11.7 Å². The summed E-state index contributed by atoms with van der Waals surface area (Å²) >= 11 is 0. The number of fused-ring (bicyclic) bond motifs is 8. The van der Waals surface area contributed by atoms with E-state index in [1.807, 2.05) is 6.20 Å². The first-order chi connectivity index (χ1) is 12.4. The summed E-state index contributed by atoms with van der Waals surface area (Å²) in [6.07, 6.45) is 3.94. The lowest BCUT2D eigenvalue weighted by Gasteiger charge is -2.34. The molecule has 0 radical (unpaired) electrons. The molecule has 2 heterocycles. The Morgan fingerprint density at radius 2 is 1.92 bits per heavy atom. The maximum atomic E-state index is 13.7. The van der Waals surface area contributed by atoms with Crippen LogP contribution < -0.4 is 0 Å². The predicted molar refractivity (Wildman–Crippen MR) is 95.8 cm³/mol. The Bertz CT molecular complexity index is 1080. The van der Waals surface area contributed by atoms with Crippen LogP contribution in [-0.2, 0) is 6.18 Å². The molecule has 2 aliphatic carbocycles. The van der Waals surface area contributed by atoms with Crippen LogP contribution in [0.2, 0.25) is 0 Å². The van der Waals surface area contributed by atoms with Gasteiger partial charge in [0.1, 0.15) is 0 Å². The van der Waals surface area contributed by atoms with Crippen LogP contribution in [0.4, 0.5) is 13.2 Å². The van der Waals surface area contributed by atoms with Crippen LogP contribution in [0.15, 0.2) is 36.2 Å². The average molecular weight is 354 g/mol. The molecule has 132 valence electrons. The molecule has 5 rings (SSSR count). The number of allylic oxidation sites excluding steroid dienone is 1. The molecule has 2 aromatic heterocycles. The highest BCUT2D eigenvalue weighted by molar-refractivity contribution is 6.07. The van der Waals surface area contributed by atoms with Crippen LogP contribution in [-0.4, -0.2) is 9.97 Å². The number of benzene rings is 1. The van der Waals surface area contributed by atoms with Gasteiger partial charge in [-0.1, -0.05) is 18.6 Å². The molecule has 2 unspecified atom stereocenters. The van der Waals surface area contributed by atoms with Crippen molar-refractivity contribution in [3.63, 3.8) is 0 Å². The first-order valence-corrected chi connectivity index (χ1v) is 8.89. The minimum atomic E-state index is -4.45. The maximum absolute atomic E-state index is 13.7. The standard InChI is InChI=1S/C21H17F3N2/c1-11-5-12-7-13(6-11)18-14(8-12)10-26-19-15-3-2-4-25-20(15)17(9-16(18)19)21(22,23)24/h2-4,8-11,13H,5-7H2,1H3. The SMILES string of the molecule is CC1CC2=Cc3cnc4c(cc(C(F)(F)F)c5ncccc54)c3C(C2)C1. The van der Waals surface area contributed by atoms with Gasteiger partial charge in [0.2, 0.25) is 0 Å². The van der Waals surface area contributed by atoms with E-state index in [2.05, 4.69) is 23.0 Å². The first kappa shape index (κ1) is 15.8. The molecule has 0 saturated heterocycles. The van der Waals surface area contributed by atoms with E-state index in [0.717, 1.165) is 30.4 Å². The highest BCUT2D eigenvalue weighted by Crippen LogP contribution is 2.48. The van der Waals surface area contributed by atoms with Crippen LogP contribution in [0.1, 0.15) is 48.8 Å². The van der Waals surface area contributed by atoms with Crippen LogP contribution >= 0.6 is 0 Å². The Morgan fingerprint density at radius 3 is 2.73 bits per heavy atom. The number of nitrogens with zero attached hydrogens (tertiary/aromatic N) is 2. The molecule has 0 aliphatic heterocycles. The van der Waals surface area contributed by atoms with E-state index in [1.165, 1.54) is 17.8 Å². The van der Waals surface area contributed by atoms with E-state index in [4.69, 9.17) is 0 Å². The van der Waals surface area contributed by atoms with Gasteiger partial charge in [-0.3, -0.25) is 9.97 Å². The summed E-state index contributed by atoms with van der Waals surface area (Å²) in [4.78, 5) is 8.55. The largest absolute Gasteiger partial charge is 0.418 e. The fraction of sp³-hybridized carbons (Fsp3) is 0.333. The van der Waals surface area contributed by atoms with Crippen molar-refractivity contribution >= 4 is 27.9 Å². The molecule has 26 heavy (non-hydrogen) atoms. The highest BCUT2D eigenvalue weighted by Gasteiger charge is 2.36. The summed E-state index contributed by atoms with van der Waals surface area (Å²) in [6, 6.07) is 4.63. The summed E-state index contributed by atoms with van der Waals surface area (Å²) in [5.41, 5.74) is 3.32. The zero-order valence-electron chi connectivity index (χ0n) is 14.3. The van der Waals surface area contributed by atoms with Crippen molar-refractivity contribution in [1.29, 1.82) is 0 Å². The highest BCUT2D eigenvalue weighted by atomic mass is 19.4. The summed E-state index contributed by atoms with van der Waals surface area (Å²) < 4.78 is 41.2. The van der Waals surface area contributed by atoms with Gasteiger partial charge in [0.05, 0.1) is 16.6 Å². The second-order valence-electron chi connectivity index (χ2n) is 7.59. The number of alkyl halides is 3. The fourth-order valence-corrected chi connectivity index (χ4v) is 4.78. The third kappa shape index (κ3) is 2.26. The molecule has 0 amide bonds. The predicted octanol–water partition coefficient (Wildman–Crippen LogP) is 6.10. The summed E-state index contributed by atoms with van der Waals surface area (Å²) in [6.45, 7) is 2.22. The van der Waals surface area contributed by atoms with Gasteiger partial charge < -0.3 is 0 Å². The Kier molecular flexibility index (Phi) is 3.21. The van der Waals surface area contributed by atoms with Crippen molar-refractivity contribution in [3.05, 3.63) is 52.9 Å². The topological polar surface area (TPSA) is 25.8 Å². The van der Waals surface area contributed by atoms with Gasteiger partial charge in [0, 0.05) is 23.2 Å². The molecule has 1 aromatic carbocycles. The van der Waals surface area contributed by atoms with Crippen molar-refractivity contribution in [1.82, 2.24) is 9.97 Å². The Balaban J connectivity index is 1.91. The van der Waals surface area contributed by atoms with E-state index in [1.54, 1.807) is 12.1 Å². The molecule has 0 N–H and O–H groups in total. The smallest absolute Gasteiger partial charge is 0.256 e. The molecular weight excluding hydrogens is 337 g/mol. The third-order valence-electron chi connectivity index (χ3n) is 5.68. The summed E-state index contributed by atoms with van der Waals surface area (Å²) in [5, 5.41) is 1.10. The molecule has 5 heteroatoms. The molecule has 2 aliphatic rings. The van der Waals surface area contributed by atoms with Gasteiger partial charge in [0.15, 0.2) is 0 Å². The minimum absolute atomic E-state index is 0.0241. The third-order valence-corrected chi connectivity index (χ3v) is 5.68. The van der Waals surface area contributed by atoms with E-state index >= 15 is 0 Å². The van der Waals surface area contributed by atoms with Crippen LogP contribution in [0.3, 0.4) is 0 Å². The van der Waals surface area contributed by atoms with Gasteiger partial charge in [0.25, 0.3) is 0 Å². The lowest BCUT2D eigenvalue weighted by Crippen LogP contribution is -2.19. The van der Waals surface area contributed by atoms with Crippen LogP contribution in [0, 0.1) is 5.92 Å².